The first kappa shape index (κ1) is 15.3. The average Bonchev–Trinajstić information content (AvgIpc) is 2.49. The van der Waals surface area contributed by atoms with Crippen molar-refractivity contribution in [1.82, 2.24) is 5.06 Å². The molecule has 0 heterocycles. The topological polar surface area (TPSA) is 40.5 Å². The average molecular weight is 283 g/mol. The van der Waals surface area contributed by atoms with E-state index in [0.717, 1.165) is 16.2 Å². The van der Waals surface area contributed by atoms with Crippen molar-refractivity contribution in [3.05, 3.63) is 70.8 Å². The molecule has 0 atom stereocenters. The molecule has 0 unspecified atom stereocenters. The third kappa shape index (κ3) is 4.43. The Morgan fingerprint density at radius 2 is 1.81 bits per heavy atom. The molecule has 110 valence electrons. The van der Waals surface area contributed by atoms with Crippen molar-refractivity contribution in [3.8, 4) is 0 Å². The molecule has 0 saturated heterocycles. The highest BCUT2D eigenvalue weighted by molar-refractivity contribution is 5.75. The van der Waals surface area contributed by atoms with Crippen LogP contribution >= 0.6 is 0 Å². The van der Waals surface area contributed by atoms with Crippen LogP contribution in [0.4, 0.5) is 0 Å². The fourth-order valence-corrected chi connectivity index (χ4v) is 2.28. The van der Waals surface area contributed by atoms with Crippen LogP contribution in [0.25, 0.3) is 0 Å². The highest BCUT2D eigenvalue weighted by atomic mass is 16.5. The van der Waals surface area contributed by atoms with E-state index in [4.69, 9.17) is 0 Å². The summed E-state index contributed by atoms with van der Waals surface area (Å²) in [5.74, 6) is -0.250. The van der Waals surface area contributed by atoms with Crippen LogP contribution in [0, 0.1) is 13.8 Å². The van der Waals surface area contributed by atoms with Crippen molar-refractivity contribution in [2.45, 2.75) is 33.2 Å². The maximum Gasteiger partial charge on any atom is 0.246 e. The van der Waals surface area contributed by atoms with Gasteiger partial charge in [-0.25, -0.2) is 5.06 Å². The van der Waals surface area contributed by atoms with E-state index in [1.54, 1.807) is 0 Å². The number of amides is 1. The Hall–Kier alpha value is -2.13. The van der Waals surface area contributed by atoms with Crippen molar-refractivity contribution in [1.29, 1.82) is 0 Å². The molecule has 0 radical (unpaired) electrons. The van der Waals surface area contributed by atoms with E-state index >= 15 is 0 Å². The maximum atomic E-state index is 12.0. The minimum absolute atomic E-state index is 0.229. The van der Waals surface area contributed by atoms with E-state index in [9.17, 15) is 10.0 Å². The predicted octanol–water partition coefficient (Wildman–Crippen LogP) is 3.65. The Balaban J connectivity index is 1.91. The number of carbonyl (C=O) groups excluding carboxylic acids is 1. The van der Waals surface area contributed by atoms with Crippen LogP contribution in [0.1, 0.15) is 28.7 Å². The third-order valence-electron chi connectivity index (χ3n) is 3.58. The monoisotopic (exact) mass is 283 g/mol. The molecular formula is C18H21NO2. The van der Waals surface area contributed by atoms with Gasteiger partial charge in [-0.2, -0.15) is 0 Å². The molecule has 0 aromatic heterocycles. The summed E-state index contributed by atoms with van der Waals surface area (Å²) in [7, 11) is 0. The Labute approximate surface area is 125 Å². The lowest BCUT2D eigenvalue weighted by molar-refractivity contribution is -0.167. The van der Waals surface area contributed by atoms with Crippen molar-refractivity contribution in [2.24, 2.45) is 0 Å². The number of hydrogen-bond donors (Lipinski definition) is 1. The molecule has 3 heteroatoms. The maximum absolute atomic E-state index is 12.0. The molecule has 0 bridgehead atoms. The van der Waals surface area contributed by atoms with Crippen molar-refractivity contribution in [3.63, 3.8) is 0 Å². The fourth-order valence-electron chi connectivity index (χ4n) is 2.28. The summed E-state index contributed by atoms with van der Waals surface area (Å²) in [6.07, 6.45) is 0.964. The van der Waals surface area contributed by atoms with Gasteiger partial charge in [-0.15, -0.1) is 0 Å². The van der Waals surface area contributed by atoms with Gasteiger partial charge in [0.05, 0.1) is 6.54 Å². The van der Waals surface area contributed by atoms with Crippen LogP contribution in [0.2, 0.25) is 0 Å². The zero-order chi connectivity index (χ0) is 15.2. The summed E-state index contributed by atoms with van der Waals surface area (Å²) in [6, 6.07) is 15.7. The van der Waals surface area contributed by atoms with Gasteiger partial charge in [-0.1, -0.05) is 54.1 Å². The molecule has 2 aromatic rings. The molecule has 2 rings (SSSR count). The van der Waals surface area contributed by atoms with E-state index in [1.807, 2.05) is 44.2 Å². The van der Waals surface area contributed by atoms with Crippen LogP contribution in [0.15, 0.2) is 48.5 Å². The lowest BCUT2D eigenvalue weighted by Gasteiger charge is -2.15. The molecule has 0 aliphatic rings. The molecular weight excluding hydrogens is 262 g/mol. The largest absolute Gasteiger partial charge is 0.286 e. The highest BCUT2D eigenvalue weighted by Gasteiger charge is 2.12. The minimum Gasteiger partial charge on any atom is -0.286 e. The van der Waals surface area contributed by atoms with Gasteiger partial charge in [0.15, 0.2) is 0 Å². The highest BCUT2D eigenvalue weighted by Crippen LogP contribution is 2.13. The molecule has 3 nitrogen and oxygen atoms in total. The van der Waals surface area contributed by atoms with E-state index < -0.39 is 0 Å². The fraction of sp³-hybridized carbons (Fsp3) is 0.278. The van der Waals surface area contributed by atoms with Crippen LogP contribution in [0.3, 0.4) is 0 Å². The summed E-state index contributed by atoms with van der Waals surface area (Å²) < 4.78 is 0. The van der Waals surface area contributed by atoms with Gasteiger partial charge in [0.2, 0.25) is 5.91 Å². The zero-order valence-corrected chi connectivity index (χ0v) is 12.5. The summed E-state index contributed by atoms with van der Waals surface area (Å²) in [4.78, 5) is 12.0. The number of carbonyl (C=O) groups is 1. The molecule has 0 spiro atoms. The third-order valence-corrected chi connectivity index (χ3v) is 3.58. The number of rotatable bonds is 5. The zero-order valence-electron chi connectivity index (χ0n) is 12.5. The second kappa shape index (κ2) is 7.04. The number of hydroxylamine groups is 2. The Morgan fingerprint density at radius 3 is 2.52 bits per heavy atom. The van der Waals surface area contributed by atoms with Gasteiger partial charge in [-0.05, 0) is 37.0 Å². The van der Waals surface area contributed by atoms with Crippen LogP contribution < -0.4 is 0 Å². The number of hydrogen-bond acceptors (Lipinski definition) is 2. The van der Waals surface area contributed by atoms with Crippen molar-refractivity contribution >= 4 is 5.91 Å². The second-order valence-electron chi connectivity index (χ2n) is 5.37. The number of benzene rings is 2. The van der Waals surface area contributed by atoms with E-state index in [-0.39, 0.29) is 12.5 Å². The van der Waals surface area contributed by atoms with E-state index in [1.165, 1.54) is 11.1 Å². The first-order valence-corrected chi connectivity index (χ1v) is 7.15. The van der Waals surface area contributed by atoms with Gasteiger partial charge in [0.1, 0.15) is 0 Å². The Bertz CT molecular complexity index is 608. The summed E-state index contributed by atoms with van der Waals surface area (Å²) in [5.41, 5.74) is 4.45. The first-order chi connectivity index (χ1) is 10.1. The van der Waals surface area contributed by atoms with Gasteiger partial charge in [0, 0.05) is 6.42 Å². The van der Waals surface area contributed by atoms with Gasteiger partial charge in [0.25, 0.3) is 0 Å². The number of aryl methyl sites for hydroxylation is 3. The molecule has 0 aliphatic carbocycles. The Kier molecular flexibility index (Phi) is 5.12. The van der Waals surface area contributed by atoms with Crippen LogP contribution in [-0.4, -0.2) is 16.2 Å². The van der Waals surface area contributed by atoms with Crippen LogP contribution in [0.5, 0.6) is 0 Å². The van der Waals surface area contributed by atoms with Crippen LogP contribution in [-0.2, 0) is 17.8 Å². The predicted molar refractivity (Wildman–Crippen MR) is 83.0 cm³/mol. The molecule has 2 aromatic carbocycles. The SMILES string of the molecule is Cc1ccc(C)c(CCC(=O)N(O)Cc2ccccc2)c1. The normalized spacial score (nSPS) is 10.4. The minimum atomic E-state index is -0.250. The number of nitrogens with zero attached hydrogens (tertiary/aromatic N) is 1. The molecule has 0 saturated carbocycles. The second-order valence-corrected chi connectivity index (χ2v) is 5.37. The quantitative estimate of drug-likeness (QED) is 0.672. The van der Waals surface area contributed by atoms with Crippen molar-refractivity contribution in [2.75, 3.05) is 0 Å². The molecule has 21 heavy (non-hydrogen) atoms. The lowest BCUT2D eigenvalue weighted by Crippen LogP contribution is -2.27. The van der Waals surface area contributed by atoms with Crippen molar-refractivity contribution < 1.29 is 10.0 Å². The molecule has 1 amide bonds. The van der Waals surface area contributed by atoms with Gasteiger partial charge < -0.3 is 0 Å². The standard InChI is InChI=1S/C18H21NO2/c1-14-8-9-15(2)17(12-14)10-11-18(20)19(21)13-16-6-4-3-5-7-16/h3-9,12,21H,10-11,13H2,1-2H3. The smallest absolute Gasteiger partial charge is 0.246 e. The summed E-state index contributed by atoms with van der Waals surface area (Å²) >= 11 is 0. The molecule has 0 aliphatic heterocycles. The van der Waals surface area contributed by atoms with Gasteiger partial charge >= 0.3 is 0 Å². The van der Waals surface area contributed by atoms with E-state index in [0.29, 0.717) is 12.8 Å². The van der Waals surface area contributed by atoms with E-state index in [2.05, 4.69) is 18.2 Å². The first-order valence-electron chi connectivity index (χ1n) is 7.15. The summed E-state index contributed by atoms with van der Waals surface area (Å²) in [5, 5.41) is 10.7. The molecule has 0 fully saturated rings. The summed E-state index contributed by atoms with van der Waals surface area (Å²) in [6.45, 7) is 4.31. The lowest BCUT2D eigenvalue weighted by atomic mass is 10.0. The van der Waals surface area contributed by atoms with Gasteiger partial charge in [-0.3, -0.25) is 10.0 Å². The molecule has 1 N–H and O–H groups in total. The Morgan fingerprint density at radius 1 is 1.10 bits per heavy atom.